The van der Waals surface area contributed by atoms with E-state index in [0.717, 1.165) is 11.6 Å². The van der Waals surface area contributed by atoms with E-state index in [0.29, 0.717) is 23.7 Å². The quantitative estimate of drug-likeness (QED) is 0.241. The molecule has 0 bridgehead atoms. The van der Waals surface area contributed by atoms with E-state index in [9.17, 15) is 18.5 Å². The molecule has 3 aromatic rings. The third-order valence-electron chi connectivity index (χ3n) is 5.60. The van der Waals surface area contributed by atoms with Gasteiger partial charge in [0, 0.05) is 19.2 Å². The van der Waals surface area contributed by atoms with E-state index in [1.807, 2.05) is 30.3 Å². The first kappa shape index (κ1) is 26.1. The van der Waals surface area contributed by atoms with E-state index in [4.69, 9.17) is 14.2 Å². The van der Waals surface area contributed by atoms with E-state index in [1.165, 1.54) is 22.7 Å². The summed E-state index contributed by atoms with van der Waals surface area (Å²) in [5.41, 5.74) is 3.93. The van der Waals surface area contributed by atoms with Gasteiger partial charge in [0.05, 0.1) is 36.4 Å². The van der Waals surface area contributed by atoms with Crippen LogP contribution in [0.5, 0.6) is 11.5 Å². The maximum atomic E-state index is 12.9. The summed E-state index contributed by atoms with van der Waals surface area (Å²) in [4.78, 5) is 10.9. The number of nitro groups is 1. The highest BCUT2D eigenvalue weighted by Gasteiger charge is 2.28. The van der Waals surface area contributed by atoms with Gasteiger partial charge in [-0.3, -0.25) is 15.5 Å². The van der Waals surface area contributed by atoms with E-state index >= 15 is 0 Å². The van der Waals surface area contributed by atoms with Crippen molar-refractivity contribution in [3.05, 3.63) is 88.0 Å². The molecule has 1 aliphatic rings. The molecule has 1 fully saturated rings. The molecule has 0 atom stereocenters. The van der Waals surface area contributed by atoms with Gasteiger partial charge in [-0.05, 0) is 41.5 Å². The number of hydrogen-bond donors (Lipinski definition) is 1. The van der Waals surface area contributed by atoms with Crippen molar-refractivity contribution in [3.63, 3.8) is 0 Å². The van der Waals surface area contributed by atoms with Crippen LogP contribution >= 0.6 is 0 Å². The average molecular weight is 527 g/mol. The van der Waals surface area contributed by atoms with Crippen molar-refractivity contribution in [3.8, 4) is 11.5 Å². The second kappa shape index (κ2) is 11.8. The van der Waals surface area contributed by atoms with Crippen LogP contribution in [0.1, 0.15) is 11.1 Å². The van der Waals surface area contributed by atoms with Gasteiger partial charge in [0.2, 0.25) is 10.0 Å². The smallest absolute Gasteiger partial charge is 0.295 e. The molecule has 0 radical (unpaired) electrons. The van der Waals surface area contributed by atoms with Crippen LogP contribution in [0.2, 0.25) is 0 Å². The summed E-state index contributed by atoms with van der Waals surface area (Å²) >= 11 is 0. The molecule has 0 spiro atoms. The van der Waals surface area contributed by atoms with Crippen LogP contribution in [0.15, 0.2) is 76.7 Å². The lowest BCUT2D eigenvalue weighted by atomic mass is 10.2. The van der Waals surface area contributed by atoms with Crippen LogP contribution in [0.3, 0.4) is 0 Å². The third-order valence-corrected chi connectivity index (χ3v) is 7.49. The summed E-state index contributed by atoms with van der Waals surface area (Å²) in [5, 5.41) is 15.8. The van der Waals surface area contributed by atoms with Crippen molar-refractivity contribution >= 4 is 27.6 Å². The fourth-order valence-corrected chi connectivity index (χ4v) is 5.08. The van der Waals surface area contributed by atoms with Crippen LogP contribution in [0.4, 0.5) is 11.4 Å². The molecule has 0 aromatic heterocycles. The highest BCUT2D eigenvalue weighted by molar-refractivity contribution is 7.89. The molecule has 1 aliphatic heterocycles. The first-order valence-electron chi connectivity index (χ1n) is 11.4. The number of nitrogens with zero attached hydrogens (tertiary/aromatic N) is 3. The lowest BCUT2D eigenvalue weighted by Crippen LogP contribution is -2.40. The number of ether oxygens (including phenoxy) is 3. The zero-order valence-corrected chi connectivity index (χ0v) is 20.9. The molecular weight excluding hydrogens is 500 g/mol. The third kappa shape index (κ3) is 6.42. The molecule has 194 valence electrons. The van der Waals surface area contributed by atoms with Crippen molar-refractivity contribution < 1.29 is 27.6 Å². The van der Waals surface area contributed by atoms with E-state index < -0.39 is 20.6 Å². The van der Waals surface area contributed by atoms with Gasteiger partial charge in [-0.1, -0.05) is 30.3 Å². The van der Waals surface area contributed by atoms with E-state index in [-0.39, 0.29) is 36.9 Å². The van der Waals surface area contributed by atoms with Crippen LogP contribution in [0, 0.1) is 10.1 Å². The summed E-state index contributed by atoms with van der Waals surface area (Å²) in [7, 11) is -2.33. The van der Waals surface area contributed by atoms with Crippen molar-refractivity contribution in [2.24, 2.45) is 5.10 Å². The Morgan fingerprint density at radius 1 is 1.08 bits per heavy atom. The molecule has 0 aliphatic carbocycles. The fourth-order valence-electron chi connectivity index (χ4n) is 3.65. The number of methoxy groups -OCH3 is 1. The molecule has 0 unspecified atom stereocenters. The maximum Gasteiger partial charge on any atom is 0.295 e. The molecule has 0 saturated carbocycles. The second-order valence-corrected chi connectivity index (χ2v) is 9.95. The molecular formula is C25H26N4O7S. The zero-order valence-electron chi connectivity index (χ0n) is 20.1. The van der Waals surface area contributed by atoms with Crippen LogP contribution in [-0.2, 0) is 21.4 Å². The summed E-state index contributed by atoms with van der Waals surface area (Å²) in [6, 6.07) is 18.6. The molecule has 11 nitrogen and oxygen atoms in total. The normalized spacial score (nSPS) is 14.4. The van der Waals surface area contributed by atoms with Gasteiger partial charge in [0.15, 0.2) is 11.5 Å². The largest absolute Gasteiger partial charge is 0.493 e. The topological polar surface area (TPSA) is 133 Å². The molecule has 1 heterocycles. The number of benzene rings is 3. The standard InChI is InChI=1S/C25H26N4O7S/c1-34-24-10-7-20(15-25(24)36-18-19-5-3-2-4-6-19)17-26-27-22-9-8-21(16-23(22)29(30)31)37(32,33)28-11-13-35-14-12-28/h2-10,15-17,27H,11-14,18H2,1H3. The minimum absolute atomic E-state index is 0.0521. The Kier molecular flexibility index (Phi) is 8.33. The van der Waals surface area contributed by atoms with Gasteiger partial charge in [0.1, 0.15) is 12.3 Å². The lowest BCUT2D eigenvalue weighted by Gasteiger charge is -2.26. The minimum Gasteiger partial charge on any atom is -0.493 e. The number of anilines is 1. The Hall–Kier alpha value is -4.00. The highest BCUT2D eigenvalue weighted by Crippen LogP contribution is 2.30. The van der Waals surface area contributed by atoms with Crippen molar-refractivity contribution in [1.82, 2.24) is 4.31 Å². The number of morpholine rings is 1. The zero-order chi connectivity index (χ0) is 26.3. The minimum atomic E-state index is -3.88. The molecule has 4 rings (SSSR count). The average Bonchev–Trinajstić information content (AvgIpc) is 2.93. The number of rotatable bonds is 10. The van der Waals surface area contributed by atoms with Crippen molar-refractivity contribution in [1.29, 1.82) is 0 Å². The number of sulfonamides is 1. The van der Waals surface area contributed by atoms with Gasteiger partial charge in [-0.2, -0.15) is 9.41 Å². The molecule has 3 aromatic carbocycles. The van der Waals surface area contributed by atoms with Crippen LogP contribution < -0.4 is 14.9 Å². The number of nitro benzene ring substituents is 1. The predicted octanol–water partition coefficient (Wildman–Crippen LogP) is 3.65. The Bertz CT molecular complexity index is 1380. The van der Waals surface area contributed by atoms with Gasteiger partial charge in [-0.25, -0.2) is 8.42 Å². The van der Waals surface area contributed by atoms with Crippen molar-refractivity contribution in [2.45, 2.75) is 11.5 Å². The fraction of sp³-hybridized carbons (Fsp3) is 0.240. The Labute approximate surface area is 214 Å². The Morgan fingerprint density at radius 2 is 1.84 bits per heavy atom. The summed E-state index contributed by atoms with van der Waals surface area (Å²) < 4.78 is 43.5. The SMILES string of the molecule is COc1ccc(C=NNc2ccc(S(=O)(=O)N3CCOCC3)cc2[N+](=O)[O-])cc1OCc1ccccc1. The van der Waals surface area contributed by atoms with Crippen LogP contribution in [0.25, 0.3) is 0 Å². The maximum absolute atomic E-state index is 12.9. The van der Waals surface area contributed by atoms with Gasteiger partial charge in [0.25, 0.3) is 5.69 Å². The van der Waals surface area contributed by atoms with Gasteiger partial charge >= 0.3 is 0 Å². The van der Waals surface area contributed by atoms with Crippen molar-refractivity contribution in [2.75, 3.05) is 38.8 Å². The first-order valence-corrected chi connectivity index (χ1v) is 12.8. The number of hydrogen-bond acceptors (Lipinski definition) is 9. The number of nitrogens with one attached hydrogen (secondary N) is 1. The van der Waals surface area contributed by atoms with Gasteiger partial charge < -0.3 is 14.2 Å². The predicted molar refractivity (Wildman–Crippen MR) is 138 cm³/mol. The Morgan fingerprint density at radius 3 is 2.54 bits per heavy atom. The van der Waals surface area contributed by atoms with E-state index in [1.54, 1.807) is 25.3 Å². The Balaban J connectivity index is 1.49. The molecule has 12 heteroatoms. The lowest BCUT2D eigenvalue weighted by molar-refractivity contribution is -0.384. The monoisotopic (exact) mass is 526 g/mol. The number of hydrazone groups is 1. The summed E-state index contributed by atoms with van der Waals surface area (Å²) in [5.74, 6) is 1.06. The van der Waals surface area contributed by atoms with Crippen LogP contribution in [-0.4, -0.2) is 57.3 Å². The summed E-state index contributed by atoms with van der Waals surface area (Å²) in [6.07, 6.45) is 1.47. The molecule has 37 heavy (non-hydrogen) atoms. The first-order chi connectivity index (χ1) is 17.9. The molecule has 0 amide bonds. The second-order valence-electron chi connectivity index (χ2n) is 8.01. The molecule has 1 N–H and O–H groups in total. The van der Waals surface area contributed by atoms with E-state index in [2.05, 4.69) is 10.5 Å². The summed E-state index contributed by atoms with van der Waals surface area (Å²) in [6.45, 7) is 1.29. The molecule has 1 saturated heterocycles. The highest BCUT2D eigenvalue weighted by atomic mass is 32.2. The van der Waals surface area contributed by atoms with Gasteiger partial charge in [-0.15, -0.1) is 0 Å².